The molecule has 1 saturated heterocycles. The third kappa shape index (κ3) is 4.17. The van der Waals surface area contributed by atoms with Gasteiger partial charge in [0.1, 0.15) is 5.76 Å². The number of nitrogens with zero attached hydrogens (tertiary/aromatic N) is 2. The van der Waals surface area contributed by atoms with E-state index in [2.05, 4.69) is 53.2 Å². The largest absolute Gasteiger partial charge is 0.467 e. The summed E-state index contributed by atoms with van der Waals surface area (Å²) >= 11 is 0. The van der Waals surface area contributed by atoms with Gasteiger partial charge in [0.05, 0.1) is 19.4 Å². The first kappa shape index (κ1) is 16.6. The second kappa shape index (κ2) is 7.53. The fourth-order valence-corrected chi connectivity index (χ4v) is 3.15. The van der Waals surface area contributed by atoms with Crippen molar-refractivity contribution in [1.82, 2.24) is 10.2 Å². The van der Waals surface area contributed by atoms with Crippen LogP contribution in [-0.2, 0) is 11.3 Å². The summed E-state index contributed by atoms with van der Waals surface area (Å²) < 4.78 is 5.23. The molecular formula is C19H25N3O2. The van der Waals surface area contributed by atoms with Crippen molar-refractivity contribution in [2.75, 3.05) is 31.1 Å². The average Bonchev–Trinajstić information content (AvgIpc) is 3.08. The highest BCUT2D eigenvalue weighted by Crippen LogP contribution is 2.20. The van der Waals surface area contributed by atoms with Crippen molar-refractivity contribution in [2.24, 2.45) is 0 Å². The van der Waals surface area contributed by atoms with Gasteiger partial charge in [-0.25, -0.2) is 0 Å². The van der Waals surface area contributed by atoms with Gasteiger partial charge >= 0.3 is 0 Å². The number of carbonyl (C=O) groups is 1. The fourth-order valence-electron chi connectivity index (χ4n) is 3.15. The van der Waals surface area contributed by atoms with Crippen LogP contribution in [0.1, 0.15) is 18.2 Å². The minimum atomic E-state index is 0.0439. The van der Waals surface area contributed by atoms with Crippen molar-refractivity contribution in [1.29, 1.82) is 0 Å². The zero-order valence-electron chi connectivity index (χ0n) is 14.4. The Kier molecular flexibility index (Phi) is 5.20. The first-order chi connectivity index (χ1) is 11.6. The van der Waals surface area contributed by atoms with Crippen molar-refractivity contribution in [3.8, 4) is 0 Å². The lowest BCUT2D eigenvalue weighted by molar-refractivity contribution is -0.122. The van der Waals surface area contributed by atoms with Crippen molar-refractivity contribution in [3.05, 3.63) is 54.0 Å². The highest BCUT2D eigenvalue weighted by molar-refractivity contribution is 5.78. The van der Waals surface area contributed by atoms with Crippen LogP contribution in [0.2, 0.25) is 0 Å². The first-order valence-corrected chi connectivity index (χ1v) is 8.46. The quantitative estimate of drug-likeness (QED) is 0.916. The molecule has 1 fully saturated rings. The van der Waals surface area contributed by atoms with Gasteiger partial charge in [-0.05, 0) is 38.1 Å². The van der Waals surface area contributed by atoms with Crippen LogP contribution >= 0.6 is 0 Å². The molecule has 1 atom stereocenters. The molecule has 2 heterocycles. The van der Waals surface area contributed by atoms with E-state index in [0.717, 1.165) is 25.4 Å². The van der Waals surface area contributed by atoms with Crippen molar-refractivity contribution in [3.63, 3.8) is 0 Å². The molecule has 5 nitrogen and oxygen atoms in total. The summed E-state index contributed by atoms with van der Waals surface area (Å²) in [6, 6.07) is 12.7. The molecule has 1 aromatic heterocycles. The Hall–Kier alpha value is -2.27. The van der Waals surface area contributed by atoms with E-state index in [0.29, 0.717) is 19.1 Å². The number of hydrogen-bond acceptors (Lipinski definition) is 4. The standard InChI is InChI=1S/C19H25N3O2/c1-15-5-7-17(8-6-15)22-10-9-21(13-16(22)2)14-19(23)20-12-18-4-3-11-24-18/h3-8,11,16H,9-10,12-14H2,1-2H3,(H,20,23)/t16-/m1/s1. The van der Waals surface area contributed by atoms with E-state index in [9.17, 15) is 4.79 Å². The molecule has 2 aromatic rings. The number of carbonyl (C=O) groups excluding carboxylic acids is 1. The molecule has 0 bridgehead atoms. The van der Waals surface area contributed by atoms with Crippen molar-refractivity contribution < 1.29 is 9.21 Å². The third-order valence-corrected chi connectivity index (χ3v) is 4.48. The molecule has 1 N–H and O–H groups in total. The maximum absolute atomic E-state index is 12.1. The molecule has 5 heteroatoms. The summed E-state index contributed by atoms with van der Waals surface area (Å²) in [6.45, 7) is 7.93. The molecule has 0 radical (unpaired) electrons. The van der Waals surface area contributed by atoms with E-state index in [1.807, 2.05) is 12.1 Å². The van der Waals surface area contributed by atoms with Crippen LogP contribution in [0.15, 0.2) is 47.1 Å². The van der Waals surface area contributed by atoms with Crippen LogP contribution in [-0.4, -0.2) is 43.0 Å². The Balaban J connectivity index is 1.48. The molecule has 0 unspecified atom stereocenters. The van der Waals surface area contributed by atoms with Crippen LogP contribution < -0.4 is 10.2 Å². The zero-order chi connectivity index (χ0) is 16.9. The number of benzene rings is 1. The van der Waals surface area contributed by atoms with Crippen LogP contribution in [0.4, 0.5) is 5.69 Å². The molecule has 1 aliphatic heterocycles. The summed E-state index contributed by atoms with van der Waals surface area (Å²) in [5, 5.41) is 2.91. The highest BCUT2D eigenvalue weighted by atomic mass is 16.3. The van der Waals surface area contributed by atoms with Gasteiger partial charge < -0.3 is 14.6 Å². The molecule has 0 saturated carbocycles. The maximum atomic E-state index is 12.1. The molecule has 128 valence electrons. The number of nitrogens with one attached hydrogen (secondary N) is 1. The highest BCUT2D eigenvalue weighted by Gasteiger charge is 2.25. The maximum Gasteiger partial charge on any atom is 0.234 e. The van der Waals surface area contributed by atoms with E-state index in [1.165, 1.54) is 11.3 Å². The molecule has 1 amide bonds. The Morgan fingerprint density at radius 2 is 2.04 bits per heavy atom. The molecule has 0 spiro atoms. The molecule has 1 aromatic carbocycles. The molecule has 3 rings (SSSR count). The van der Waals surface area contributed by atoms with Gasteiger partial charge in [0.2, 0.25) is 5.91 Å². The minimum absolute atomic E-state index is 0.0439. The Morgan fingerprint density at radius 1 is 1.25 bits per heavy atom. The lowest BCUT2D eigenvalue weighted by Gasteiger charge is -2.41. The minimum Gasteiger partial charge on any atom is -0.467 e. The van der Waals surface area contributed by atoms with E-state index < -0.39 is 0 Å². The topological polar surface area (TPSA) is 48.7 Å². The van der Waals surface area contributed by atoms with Gasteiger partial charge in [-0.2, -0.15) is 0 Å². The van der Waals surface area contributed by atoms with Gasteiger partial charge in [0, 0.05) is 31.4 Å². The number of rotatable bonds is 5. The van der Waals surface area contributed by atoms with Crippen molar-refractivity contribution >= 4 is 11.6 Å². The van der Waals surface area contributed by atoms with E-state index in [4.69, 9.17) is 4.42 Å². The summed E-state index contributed by atoms with van der Waals surface area (Å²) in [7, 11) is 0. The monoisotopic (exact) mass is 327 g/mol. The number of aryl methyl sites for hydroxylation is 1. The summed E-state index contributed by atoms with van der Waals surface area (Å²) in [5.74, 6) is 0.822. The number of piperazine rings is 1. The number of hydrogen-bond donors (Lipinski definition) is 1. The molecule has 24 heavy (non-hydrogen) atoms. The van der Waals surface area contributed by atoms with Gasteiger partial charge in [-0.3, -0.25) is 9.69 Å². The zero-order valence-corrected chi connectivity index (χ0v) is 14.4. The first-order valence-electron chi connectivity index (χ1n) is 8.46. The smallest absolute Gasteiger partial charge is 0.234 e. The van der Waals surface area contributed by atoms with Gasteiger partial charge in [0.15, 0.2) is 0 Å². The molecule has 0 aliphatic carbocycles. The van der Waals surface area contributed by atoms with Gasteiger partial charge in [-0.1, -0.05) is 17.7 Å². The number of anilines is 1. The predicted molar refractivity (Wildman–Crippen MR) is 95.0 cm³/mol. The van der Waals surface area contributed by atoms with Crippen LogP contribution in [0.3, 0.4) is 0 Å². The second-order valence-electron chi connectivity index (χ2n) is 6.47. The second-order valence-corrected chi connectivity index (χ2v) is 6.47. The van der Waals surface area contributed by atoms with E-state index in [1.54, 1.807) is 6.26 Å². The predicted octanol–water partition coefficient (Wildman–Crippen LogP) is 2.41. The van der Waals surface area contributed by atoms with E-state index >= 15 is 0 Å². The lowest BCUT2D eigenvalue weighted by atomic mass is 10.1. The Labute approximate surface area is 143 Å². The Bertz CT molecular complexity index is 652. The SMILES string of the molecule is Cc1ccc(N2CCN(CC(=O)NCc3ccco3)C[C@H]2C)cc1. The van der Waals surface area contributed by atoms with Crippen molar-refractivity contribution in [2.45, 2.75) is 26.4 Å². The summed E-state index contributed by atoms with van der Waals surface area (Å²) in [6.07, 6.45) is 1.62. The Morgan fingerprint density at radius 3 is 2.71 bits per heavy atom. The molecule has 1 aliphatic rings. The number of furan rings is 1. The van der Waals surface area contributed by atoms with Crippen LogP contribution in [0.25, 0.3) is 0 Å². The fraction of sp³-hybridized carbons (Fsp3) is 0.421. The third-order valence-electron chi connectivity index (χ3n) is 4.48. The normalized spacial score (nSPS) is 18.6. The molecular weight excluding hydrogens is 302 g/mol. The summed E-state index contributed by atoms with van der Waals surface area (Å²) in [5.41, 5.74) is 2.54. The van der Waals surface area contributed by atoms with Gasteiger partial charge in [0.25, 0.3) is 0 Å². The average molecular weight is 327 g/mol. The van der Waals surface area contributed by atoms with Crippen LogP contribution in [0.5, 0.6) is 0 Å². The lowest BCUT2D eigenvalue weighted by Crippen LogP contribution is -2.54. The van der Waals surface area contributed by atoms with E-state index in [-0.39, 0.29) is 5.91 Å². The van der Waals surface area contributed by atoms with Gasteiger partial charge in [-0.15, -0.1) is 0 Å². The van der Waals surface area contributed by atoms with Crippen LogP contribution in [0, 0.1) is 6.92 Å². The summed E-state index contributed by atoms with van der Waals surface area (Å²) in [4.78, 5) is 16.7. The number of amides is 1.